The summed E-state index contributed by atoms with van der Waals surface area (Å²) in [5.41, 5.74) is 1.05. The third kappa shape index (κ3) is 2.89. The quantitative estimate of drug-likeness (QED) is 0.808. The lowest BCUT2D eigenvalue weighted by Crippen LogP contribution is -2.36. The molecule has 0 spiro atoms. The van der Waals surface area contributed by atoms with Crippen molar-refractivity contribution in [2.24, 2.45) is 5.92 Å². The maximum atomic E-state index is 11.8. The van der Waals surface area contributed by atoms with Crippen LogP contribution in [-0.4, -0.2) is 37.1 Å². The van der Waals surface area contributed by atoms with Crippen molar-refractivity contribution < 1.29 is 14.3 Å². The van der Waals surface area contributed by atoms with Gasteiger partial charge in [0.05, 0.1) is 18.7 Å². The van der Waals surface area contributed by atoms with Gasteiger partial charge in [-0.1, -0.05) is 6.42 Å². The fourth-order valence-electron chi connectivity index (χ4n) is 2.62. The number of amides is 1. The molecule has 0 unspecified atom stereocenters. The van der Waals surface area contributed by atoms with Gasteiger partial charge in [0.2, 0.25) is 5.91 Å². The highest BCUT2D eigenvalue weighted by Crippen LogP contribution is 2.29. The summed E-state index contributed by atoms with van der Waals surface area (Å²) in [5, 5.41) is 5.98. The van der Waals surface area contributed by atoms with Gasteiger partial charge in [-0.15, -0.1) is 0 Å². The summed E-state index contributed by atoms with van der Waals surface area (Å²) in [5.74, 6) is -0.470. The molecule has 2 N–H and O–H groups in total. The normalized spacial score (nSPS) is 21.3. The summed E-state index contributed by atoms with van der Waals surface area (Å²) in [6.07, 6.45) is 5.84. The first-order chi connectivity index (χ1) is 9.67. The zero-order chi connectivity index (χ0) is 14.5. The molecule has 1 fully saturated rings. The third-order valence-corrected chi connectivity index (χ3v) is 3.67. The number of pyridine rings is 1. The molecule has 1 aromatic heterocycles. The number of anilines is 1. The van der Waals surface area contributed by atoms with Crippen molar-refractivity contribution in [2.75, 3.05) is 19.5 Å². The number of hydrogen-bond donors (Lipinski definition) is 2. The first-order valence-corrected chi connectivity index (χ1v) is 6.67. The Kier molecular flexibility index (Phi) is 4.55. The molecular weight excluding hydrogens is 258 g/mol. The van der Waals surface area contributed by atoms with E-state index in [1.165, 1.54) is 13.3 Å². The van der Waals surface area contributed by atoms with Crippen molar-refractivity contribution >= 4 is 17.6 Å². The molecule has 20 heavy (non-hydrogen) atoms. The SMILES string of the molecule is CNC(=O)[C@@H]1CCC[C@@H]1Nc1ccncc1C(=O)OC. The van der Waals surface area contributed by atoms with E-state index >= 15 is 0 Å². The Morgan fingerprint density at radius 3 is 2.90 bits per heavy atom. The van der Waals surface area contributed by atoms with Crippen LogP contribution in [0.15, 0.2) is 18.5 Å². The van der Waals surface area contributed by atoms with Crippen molar-refractivity contribution in [1.29, 1.82) is 0 Å². The highest BCUT2D eigenvalue weighted by Gasteiger charge is 2.33. The minimum atomic E-state index is -0.435. The monoisotopic (exact) mass is 277 g/mol. The van der Waals surface area contributed by atoms with Gasteiger partial charge in [-0.2, -0.15) is 0 Å². The van der Waals surface area contributed by atoms with Gasteiger partial charge in [0, 0.05) is 25.5 Å². The molecule has 0 radical (unpaired) electrons. The maximum Gasteiger partial charge on any atom is 0.341 e. The topological polar surface area (TPSA) is 80.3 Å². The van der Waals surface area contributed by atoms with Gasteiger partial charge in [-0.05, 0) is 18.9 Å². The van der Waals surface area contributed by atoms with Crippen LogP contribution in [0.2, 0.25) is 0 Å². The van der Waals surface area contributed by atoms with E-state index in [9.17, 15) is 9.59 Å². The van der Waals surface area contributed by atoms with Gasteiger partial charge in [0.15, 0.2) is 0 Å². The Bertz CT molecular complexity index is 504. The molecule has 6 heteroatoms. The van der Waals surface area contributed by atoms with Crippen LogP contribution in [0.5, 0.6) is 0 Å². The largest absolute Gasteiger partial charge is 0.465 e. The molecule has 1 amide bonds. The highest BCUT2D eigenvalue weighted by atomic mass is 16.5. The molecule has 1 aromatic rings. The van der Waals surface area contributed by atoms with E-state index in [0.29, 0.717) is 11.3 Å². The van der Waals surface area contributed by atoms with Crippen LogP contribution in [0.1, 0.15) is 29.6 Å². The summed E-state index contributed by atoms with van der Waals surface area (Å²) in [4.78, 5) is 27.5. The number of rotatable bonds is 4. The number of nitrogens with zero attached hydrogens (tertiary/aromatic N) is 1. The van der Waals surface area contributed by atoms with E-state index in [1.54, 1.807) is 19.3 Å². The van der Waals surface area contributed by atoms with Gasteiger partial charge in [-0.3, -0.25) is 9.78 Å². The van der Waals surface area contributed by atoms with Crippen molar-refractivity contribution in [3.8, 4) is 0 Å². The number of esters is 1. The summed E-state index contributed by atoms with van der Waals surface area (Å²) in [6, 6.07) is 1.76. The molecule has 2 rings (SSSR count). The molecule has 1 aliphatic rings. The predicted octanol–water partition coefficient (Wildman–Crippen LogP) is 1.19. The van der Waals surface area contributed by atoms with E-state index in [-0.39, 0.29) is 17.9 Å². The molecule has 0 saturated heterocycles. The summed E-state index contributed by atoms with van der Waals surface area (Å²) in [7, 11) is 2.98. The van der Waals surface area contributed by atoms with Crippen LogP contribution in [-0.2, 0) is 9.53 Å². The maximum absolute atomic E-state index is 11.8. The minimum absolute atomic E-state index is 0.0285. The summed E-state index contributed by atoms with van der Waals surface area (Å²) >= 11 is 0. The third-order valence-electron chi connectivity index (χ3n) is 3.67. The number of aromatic nitrogens is 1. The minimum Gasteiger partial charge on any atom is -0.465 e. The molecule has 108 valence electrons. The lowest BCUT2D eigenvalue weighted by atomic mass is 10.0. The number of carbonyl (C=O) groups is 2. The van der Waals surface area contributed by atoms with Crippen LogP contribution in [0.3, 0.4) is 0 Å². The van der Waals surface area contributed by atoms with Gasteiger partial charge < -0.3 is 15.4 Å². The average molecular weight is 277 g/mol. The molecule has 1 aliphatic carbocycles. The Hall–Kier alpha value is -2.11. The van der Waals surface area contributed by atoms with Gasteiger partial charge in [0.25, 0.3) is 0 Å². The molecule has 1 saturated carbocycles. The molecule has 6 nitrogen and oxygen atoms in total. The fourth-order valence-corrected chi connectivity index (χ4v) is 2.62. The average Bonchev–Trinajstić information content (AvgIpc) is 2.94. The number of carbonyl (C=O) groups excluding carboxylic acids is 2. The molecule has 0 bridgehead atoms. The van der Waals surface area contributed by atoms with E-state index in [0.717, 1.165) is 19.3 Å². The first kappa shape index (κ1) is 14.3. The van der Waals surface area contributed by atoms with Crippen LogP contribution in [0.4, 0.5) is 5.69 Å². The Morgan fingerprint density at radius 2 is 2.20 bits per heavy atom. The summed E-state index contributed by atoms with van der Waals surface area (Å²) < 4.78 is 4.74. The Labute approximate surface area is 117 Å². The van der Waals surface area contributed by atoms with Crippen molar-refractivity contribution in [2.45, 2.75) is 25.3 Å². The zero-order valence-corrected chi connectivity index (χ0v) is 11.7. The number of methoxy groups -OCH3 is 1. The number of hydrogen-bond acceptors (Lipinski definition) is 5. The Morgan fingerprint density at radius 1 is 1.40 bits per heavy atom. The van der Waals surface area contributed by atoms with Gasteiger partial charge in [0.1, 0.15) is 5.56 Å². The van der Waals surface area contributed by atoms with Crippen LogP contribution in [0, 0.1) is 5.92 Å². The zero-order valence-electron chi connectivity index (χ0n) is 11.7. The van der Waals surface area contributed by atoms with E-state index in [2.05, 4.69) is 15.6 Å². The van der Waals surface area contributed by atoms with Crippen molar-refractivity contribution in [3.63, 3.8) is 0 Å². The van der Waals surface area contributed by atoms with E-state index < -0.39 is 5.97 Å². The van der Waals surface area contributed by atoms with Crippen molar-refractivity contribution in [1.82, 2.24) is 10.3 Å². The smallest absolute Gasteiger partial charge is 0.341 e. The van der Waals surface area contributed by atoms with E-state index in [1.807, 2.05) is 0 Å². The van der Waals surface area contributed by atoms with Crippen LogP contribution >= 0.6 is 0 Å². The highest BCUT2D eigenvalue weighted by molar-refractivity contribution is 5.95. The van der Waals surface area contributed by atoms with Crippen LogP contribution < -0.4 is 10.6 Å². The molecule has 0 aliphatic heterocycles. The lowest BCUT2D eigenvalue weighted by Gasteiger charge is -2.21. The second-order valence-electron chi connectivity index (χ2n) is 4.82. The first-order valence-electron chi connectivity index (χ1n) is 6.67. The van der Waals surface area contributed by atoms with E-state index in [4.69, 9.17) is 4.74 Å². The standard InChI is InChI=1S/C14H19N3O3/c1-15-13(18)9-4-3-5-11(9)17-12-6-7-16-8-10(12)14(19)20-2/h6-9,11H,3-5H2,1-2H3,(H,15,18)(H,16,17)/t9-,11+/m1/s1. The number of ether oxygens (including phenoxy) is 1. The fraction of sp³-hybridized carbons (Fsp3) is 0.500. The van der Waals surface area contributed by atoms with Crippen LogP contribution in [0.25, 0.3) is 0 Å². The predicted molar refractivity (Wildman–Crippen MR) is 74.4 cm³/mol. The molecular formula is C14H19N3O3. The summed E-state index contributed by atoms with van der Waals surface area (Å²) in [6.45, 7) is 0. The Balaban J connectivity index is 2.17. The van der Waals surface area contributed by atoms with Gasteiger partial charge >= 0.3 is 5.97 Å². The number of nitrogens with one attached hydrogen (secondary N) is 2. The van der Waals surface area contributed by atoms with Crippen molar-refractivity contribution in [3.05, 3.63) is 24.0 Å². The molecule has 2 atom stereocenters. The molecule has 0 aromatic carbocycles. The van der Waals surface area contributed by atoms with Gasteiger partial charge in [-0.25, -0.2) is 4.79 Å². The lowest BCUT2D eigenvalue weighted by molar-refractivity contribution is -0.124. The second kappa shape index (κ2) is 6.36. The second-order valence-corrected chi connectivity index (χ2v) is 4.82. The molecule has 1 heterocycles.